The number of hydrogen-bond acceptors (Lipinski definition) is 8. The van der Waals surface area contributed by atoms with Gasteiger partial charge in [0.1, 0.15) is 11.5 Å². The van der Waals surface area contributed by atoms with E-state index in [4.69, 9.17) is 19.2 Å². The van der Waals surface area contributed by atoms with E-state index < -0.39 is 5.82 Å². The van der Waals surface area contributed by atoms with E-state index in [0.717, 1.165) is 28.2 Å². The van der Waals surface area contributed by atoms with Crippen LogP contribution in [0.3, 0.4) is 0 Å². The average molecular weight is 587 g/mol. The van der Waals surface area contributed by atoms with Crippen LogP contribution in [0.25, 0.3) is 16.9 Å². The predicted octanol–water partition coefficient (Wildman–Crippen LogP) is 6.82. The van der Waals surface area contributed by atoms with Crippen molar-refractivity contribution in [2.24, 2.45) is 0 Å². The Morgan fingerprint density at radius 2 is 1.48 bits per heavy atom. The van der Waals surface area contributed by atoms with Crippen molar-refractivity contribution in [2.45, 2.75) is 13.1 Å². The normalized spacial score (nSPS) is 10.8. The number of benzene rings is 4. The number of para-hydroxylation sites is 1. The number of rotatable bonds is 10. The van der Waals surface area contributed by atoms with Gasteiger partial charge in [0.25, 0.3) is 0 Å². The lowest BCUT2D eigenvalue weighted by molar-refractivity contribution is 0.412. The molecule has 0 unspecified atom stereocenters. The first kappa shape index (κ1) is 28.2. The van der Waals surface area contributed by atoms with E-state index in [9.17, 15) is 9.65 Å². The third-order valence-corrected chi connectivity index (χ3v) is 6.97. The Morgan fingerprint density at radius 1 is 0.818 bits per heavy atom. The Labute approximate surface area is 253 Å². The molecule has 6 aromatic rings. The standard InChI is InChI=1S/C34H27FN6O3/c1-42-27-14-10-23(11-15-27)20-40(21-24-12-16-28(43-2)17-13-24)32-33-38-34(44-31-9-4-3-8-29(31)35)39-41(33)22-30(37-32)26-7-5-6-25(18-26)19-36/h3-18,22H,20-21H2,1-2H3. The van der Waals surface area contributed by atoms with Crippen molar-refractivity contribution in [3.8, 4) is 40.6 Å². The third kappa shape index (κ3) is 6.12. The first-order chi connectivity index (χ1) is 21.5. The van der Waals surface area contributed by atoms with Crippen molar-refractivity contribution < 1.29 is 18.6 Å². The molecule has 0 spiro atoms. The van der Waals surface area contributed by atoms with Gasteiger partial charge in [0.15, 0.2) is 17.4 Å². The number of nitrogens with zero attached hydrogens (tertiary/aromatic N) is 6. The highest BCUT2D eigenvalue weighted by Gasteiger charge is 2.21. The quantitative estimate of drug-likeness (QED) is 0.173. The Balaban J connectivity index is 1.50. The van der Waals surface area contributed by atoms with Gasteiger partial charge in [-0.25, -0.2) is 13.9 Å². The minimum absolute atomic E-state index is 0.00758. The lowest BCUT2D eigenvalue weighted by Crippen LogP contribution is -2.24. The van der Waals surface area contributed by atoms with Gasteiger partial charge in [-0.3, -0.25) is 0 Å². The second-order valence-corrected chi connectivity index (χ2v) is 9.89. The summed E-state index contributed by atoms with van der Waals surface area (Å²) in [6.07, 6.45) is 1.72. The molecule has 0 aliphatic heterocycles. The topological polar surface area (TPSA) is 97.8 Å². The van der Waals surface area contributed by atoms with Crippen LogP contribution in [0.5, 0.6) is 23.3 Å². The molecule has 0 bridgehead atoms. The van der Waals surface area contributed by atoms with Gasteiger partial charge in [-0.2, -0.15) is 10.2 Å². The smallest absolute Gasteiger partial charge is 0.342 e. The van der Waals surface area contributed by atoms with E-state index in [1.54, 1.807) is 55.3 Å². The number of anilines is 1. The van der Waals surface area contributed by atoms with Crippen LogP contribution < -0.4 is 19.1 Å². The van der Waals surface area contributed by atoms with E-state index in [0.29, 0.717) is 35.8 Å². The monoisotopic (exact) mass is 586 g/mol. The molecule has 2 heterocycles. The number of fused-ring (bicyclic) bond motifs is 1. The fraction of sp³-hybridized carbons (Fsp3) is 0.118. The molecular weight excluding hydrogens is 559 g/mol. The summed E-state index contributed by atoms with van der Waals surface area (Å²) in [6.45, 7) is 0.938. The number of hydrogen-bond donors (Lipinski definition) is 0. The van der Waals surface area contributed by atoms with Crippen molar-refractivity contribution in [1.82, 2.24) is 19.6 Å². The van der Waals surface area contributed by atoms with Gasteiger partial charge < -0.3 is 19.1 Å². The number of halogens is 1. The summed E-state index contributed by atoms with van der Waals surface area (Å²) in [6, 6.07) is 31.0. The summed E-state index contributed by atoms with van der Waals surface area (Å²) in [5, 5.41) is 14.1. The van der Waals surface area contributed by atoms with Crippen molar-refractivity contribution >= 4 is 11.5 Å². The Hall–Kier alpha value is -5.95. The van der Waals surface area contributed by atoms with Crippen molar-refractivity contribution in [3.63, 3.8) is 0 Å². The average Bonchev–Trinajstić information content (AvgIpc) is 3.48. The first-order valence-corrected chi connectivity index (χ1v) is 13.7. The molecule has 10 heteroatoms. The van der Waals surface area contributed by atoms with Gasteiger partial charge in [-0.15, -0.1) is 5.10 Å². The van der Waals surface area contributed by atoms with E-state index in [1.165, 1.54) is 12.1 Å². The highest BCUT2D eigenvalue weighted by molar-refractivity contribution is 5.71. The Kier molecular flexibility index (Phi) is 8.01. The maximum atomic E-state index is 14.4. The molecule has 0 saturated carbocycles. The van der Waals surface area contributed by atoms with Gasteiger partial charge in [0.05, 0.1) is 37.7 Å². The minimum atomic E-state index is -0.528. The molecule has 0 amide bonds. The van der Waals surface area contributed by atoms with Crippen molar-refractivity contribution in [2.75, 3.05) is 19.1 Å². The number of methoxy groups -OCH3 is 2. The SMILES string of the molecule is COc1ccc(CN(Cc2ccc(OC)cc2)c2nc(-c3cccc(C#N)c3)cn3nc(Oc4ccccc4F)nc23)cc1. The van der Waals surface area contributed by atoms with Gasteiger partial charge in [0.2, 0.25) is 5.65 Å². The molecule has 0 atom stereocenters. The van der Waals surface area contributed by atoms with Crippen molar-refractivity contribution in [3.05, 3.63) is 126 Å². The van der Waals surface area contributed by atoms with Crippen LogP contribution >= 0.6 is 0 Å². The zero-order chi connectivity index (χ0) is 30.5. The van der Waals surface area contributed by atoms with Gasteiger partial charge in [-0.05, 0) is 59.7 Å². The molecule has 2 aromatic heterocycles. The minimum Gasteiger partial charge on any atom is -0.497 e. The Bertz CT molecular complexity index is 1900. The molecule has 0 aliphatic rings. The van der Waals surface area contributed by atoms with Crippen LogP contribution in [0.2, 0.25) is 0 Å². The third-order valence-electron chi connectivity index (χ3n) is 6.97. The lowest BCUT2D eigenvalue weighted by Gasteiger charge is -2.25. The number of aromatic nitrogens is 4. The van der Waals surface area contributed by atoms with E-state index in [-0.39, 0.29) is 11.8 Å². The number of ether oxygens (including phenoxy) is 3. The molecular formula is C34H27FN6O3. The van der Waals surface area contributed by atoms with Crippen LogP contribution in [0.4, 0.5) is 10.2 Å². The predicted molar refractivity (Wildman–Crippen MR) is 163 cm³/mol. The summed E-state index contributed by atoms with van der Waals surface area (Å²) in [5.41, 5.74) is 4.24. The summed E-state index contributed by atoms with van der Waals surface area (Å²) in [5.74, 6) is 1.50. The highest BCUT2D eigenvalue weighted by Crippen LogP contribution is 2.30. The summed E-state index contributed by atoms with van der Waals surface area (Å²) >= 11 is 0. The van der Waals surface area contributed by atoms with Crippen LogP contribution in [-0.2, 0) is 13.1 Å². The molecule has 4 aromatic carbocycles. The molecule has 6 rings (SSSR count). The maximum Gasteiger partial charge on any atom is 0.342 e. The lowest BCUT2D eigenvalue weighted by atomic mass is 10.1. The zero-order valence-electron chi connectivity index (χ0n) is 24.0. The number of nitriles is 1. The summed E-state index contributed by atoms with van der Waals surface area (Å²) in [7, 11) is 3.26. The summed E-state index contributed by atoms with van der Waals surface area (Å²) in [4.78, 5) is 11.8. The molecule has 0 fully saturated rings. The molecule has 0 N–H and O–H groups in total. The largest absolute Gasteiger partial charge is 0.497 e. The second kappa shape index (κ2) is 12.5. The van der Waals surface area contributed by atoms with Crippen LogP contribution in [0, 0.1) is 17.1 Å². The van der Waals surface area contributed by atoms with E-state index >= 15 is 0 Å². The summed E-state index contributed by atoms with van der Waals surface area (Å²) < 4.78 is 32.5. The highest BCUT2D eigenvalue weighted by atomic mass is 19.1. The van der Waals surface area contributed by atoms with Gasteiger partial charge in [-0.1, -0.05) is 48.5 Å². The van der Waals surface area contributed by atoms with E-state index in [1.807, 2.05) is 54.6 Å². The molecule has 0 aliphatic carbocycles. The molecule has 44 heavy (non-hydrogen) atoms. The van der Waals surface area contributed by atoms with Crippen LogP contribution in [0.15, 0.2) is 103 Å². The van der Waals surface area contributed by atoms with Crippen LogP contribution in [-0.4, -0.2) is 33.8 Å². The fourth-order valence-electron chi connectivity index (χ4n) is 4.73. The first-order valence-electron chi connectivity index (χ1n) is 13.7. The molecule has 0 radical (unpaired) electrons. The van der Waals surface area contributed by atoms with Crippen LogP contribution in [0.1, 0.15) is 16.7 Å². The van der Waals surface area contributed by atoms with Gasteiger partial charge >= 0.3 is 6.01 Å². The van der Waals surface area contributed by atoms with Crippen molar-refractivity contribution in [1.29, 1.82) is 5.26 Å². The maximum absolute atomic E-state index is 14.4. The molecule has 218 valence electrons. The zero-order valence-corrected chi connectivity index (χ0v) is 24.0. The second-order valence-electron chi connectivity index (χ2n) is 9.89. The molecule has 0 saturated heterocycles. The van der Waals surface area contributed by atoms with E-state index in [2.05, 4.69) is 21.1 Å². The van der Waals surface area contributed by atoms with Gasteiger partial charge in [0, 0.05) is 18.7 Å². The fourth-order valence-corrected chi connectivity index (χ4v) is 4.73. The Morgan fingerprint density at radius 3 is 2.09 bits per heavy atom. The molecule has 9 nitrogen and oxygen atoms in total.